The fraction of sp³-hybridized carbons (Fsp3) is 0.143. The molecule has 6 rings (SSSR count). The molecule has 0 N–H and O–H groups in total. The molecule has 0 amide bonds. The van der Waals surface area contributed by atoms with Crippen LogP contribution in [-0.2, 0) is 0 Å². The molecule has 0 nitrogen and oxygen atoms in total. The van der Waals surface area contributed by atoms with Crippen LogP contribution in [0.2, 0.25) is 0 Å². The third kappa shape index (κ3) is 4.58. The Bertz CT molecular complexity index is 1600. The van der Waals surface area contributed by atoms with E-state index in [1.165, 1.54) is 89.0 Å². The summed E-state index contributed by atoms with van der Waals surface area (Å²) in [6.07, 6.45) is 0. The summed E-state index contributed by atoms with van der Waals surface area (Å²) in [5.74, 6) is 0. The van der Waals surface area contributed by atoms with Crippen molar-refractivity contribution in [3.63, 3.8) is 0 Å². The smallest absolute Gasteiger partial charge is 0.0107 e. The van der Waals surface area contributed by atoms with E-state index in [0.29, 0.717) is 0 Å². The highest BCUT2D eigenvalue weighted by Crippen LogP contribution is 2.49. The Morgan fingerprint density at radius 3 is 0.571 bits per heavy atom. The van der Waals surface area contributed by atoms with Gasteiger partial charge >= 0.3 is 0 Å². The first-order valence-corrected chi connectivity index (χ1v) is 14.9. The van der Waals surface area contributed by atoms with Crippen LogP contribution in [0.3, 0.4) is 0 Å². The summed E-state index contributed by atoms with van der Waals surface area (Å²) < 4.78 is 0. The first kappa shape index (κ1) is 27.5. The van der Waals surface area contributed by atoms with Crippen LogP contribution in [0.4, 0.5) is 0 Å². The lowest BCUT2D eigenvalue weighted by molar-refractivity contribution is 1.27. The van der Waals surface area contributed by atoms with Crippen molar-refractivity contribution >= 4 is 0 Å². The van der Waals surface area contributed by atoms with Gasteiger partial charge in [0.2, 0.25) is 0 Å². The van der Waals surface area contributed by atoms with E-state index < -0.39 is 0 Å². The summed E-state index contributed by atoms with van der Waals surface area (Å²) >= 11 is 0. The van der Waals surface area contributed by atoms with E-state index in [4.69, 9.17) is 0 Å². The van der Waals surface area contributed by atoms with Crippen molar-refractivity contribution in [2.24, 2.45) is 0 Å². The predicted molar refractivity (Wildman–Crippen MR) is 182 cm³/mol. The Hall–Kier alpha value is -4.68. The Labute approximate surface area is 251 Å². The quantitative estimate of drug-likeness (QED) is 0.203. The lowest BCUT2D eigenvalue weighted by atomic mass is 9.75. The molecule has 0 radical (unpaired) electrons. The molecule has 0 aliphatic carbocycles. The molecule has 0 aromatic heterocycles. The molecule has 0 aliphatic rings. The van der Waals surface area contributed by atoms with Crippen molar-refractivity contribution in [2.45, 2.75) is 41.5 Å². The van der Waals surface area contributed by atoms with Crippen LogP contribution in [-0.4, -0.2) is 0 Å². The van der Waals surface area contributed by atoms with Crippen LogP contribution in [0.1, 0.15) is 33.4 Å². The molecule has 206 valence electrons. The van der Waals surface area contributed by atoms with Crippen LogP contribution in [0, 0.1) is 41.5 Å². The fourth-order valence-corrected chi connectivity index (χ4v) is 7.34. The topological polar surface area (TPSA) is 0 Å². The van der Waals surface area contributed by atoms with Crippen molar-refractivity contribution in [3.8, 4) is 55.6 Å². The highest BCUT2D eigenvalue weighted by atomic mass is 14.3. The first-order chi connectivity index (χ1) is 20.4. The Balaban J connectivity index is 1.80. The predicted octanol–water partition coefficient (Wildman–Crippen LogP) is 11.9. The number of benzene rings is 6. The lowest BCUT2D eigenvalue weighted by Crippen LogP contribution is -2.05. The van der Waals surface area contributed by atoms with E-state index in [9.17, 15) is 0 Å². The molecule has 0 saturated carbocycles. The van der Waals surface area contributed by atoms with Gasteiger partial charge in [0.25, 0.3) is 0 Å². The summed E-state index contributed by atoms with van der Waals surface area (Å²) in [6.45, 7) is 13.9. The van der Waals surface area contributed by atoms with Crippen molar-refractivity contribution in [1.29, 1.82) is 0 Å². The molecule has 0 aliphatic heterocycles. The maximum absolute atomic E-state index is 2.33. The van der Waals surface area contributed by atoms with E-state index in [1.54, 1.807) is 0 Å². The van der Waals surface area contributed by atoms with Gasteiger partial charge in [-0.25, -0.2) is 0 Å². The third-order valence-electron chi connectivity index (χ3n) is 9.00. The fourth-order valence-electron chi connectivity index (χ4n) is 7.34. The van der Waals surface area contributed by atoms with Crippen molar-refractivity contribution in [2.75, 3.05) is 0 Å². The zero-order valence-corrected chi connectivity index (χ0v) is 25.5. The maximum Gasteiger partial charge on any atom is -0.0107 e. The van der Waals surface area contributed by atoms with Gasteiger partial charge in [-0.3, -0.25) is 0 Å². The van der Waals surface area contributed by atoms with Gasteiger partial charge < -0.3 is 0 Å². The van der Waals surface area contributed by atoms with Gasteiger partial charge in [0.05, 0.1) is 0 Å². The van der Waals surface area contributed by atoms with Gasteiger partial charge in [-0.05, 0) is 131 Å². The van der Waals surface area contributed by atoms with E-state index in [-0.39, 0.29) is 0 Å². The number of rotatable bonds is 5. The summed E-state index contributed by atoms with van der Waals surface area (Å²) in [4.78, 5) is 0. The Kier molecular flexibility index (Phi) is 7.40. The molecule has 0 bridgehead atoms. The Morgan fingerprint density at radius 1 is 0.214 bits per heavy atom. The largest absolute Gasteiger partial charge is 0.0622 e. The van der Waals surface area contributed by atoms with E-state index >= 15 is 0 Å². The van der Waals surface area contributed by atoms with E-state index in [0.717, 1.165) is 0 Å². The minimum absolute atomic E-state index is 1.26. The standard InChI is InChI=1S/C42H38/c1-27-37(33-19-11-7-12-20-33)29(3)41(30(4)38(27)34-21-13-8-14-22-34)42-31(5)39(35-23-15-9-16-24-35)28(2)40(32(42)6)36-25-17-10-18-26-36/h7-26H,1-6H3. The second-order valence-electron chi connectivity index (χ2n) is 11.5. The zero-order valence-electron chi connectivity index (χ0n) is 25.5. The highest BCUT2D eigenvalue weighted by Gasteiger charge is 2.26. The normalized spacial score (nSPS) is 11.1. The molecule has 42 heavy (non-hydrogen) atoms. The molecule has 0 atom stereocenters. The highest BCUT2D eigenvalue weighted by molar-refractivity contribution is 5.97. The van der Waals surface area contributed by atoms with Gasteiger partial charge in [0.15, 0.2) is 0 Å². The average molecular weight is 543 g/mol. The first-order valence-electron chi connectivity index (χ1n) is 14.9. The third-order valence-corrected chi connectivity index (χ3v) is 9.00. The van der Waals surface area contributed by atoms with Crippen LogP contribution < -0.4 is 0 Å². The number of hydrogen-bond donors (Lipinski definition) is 0. The van der Waals surface area contributed by atoms with Gasteiger partial charge in [-0.1, -0.05) is 121 Å². The minimum Gasteiger partial charge on any atom is -0.0622 e. The molecule has 6 aromatic rings. The molecular weight excluding hydrogens is 504 g/mol. The van der Waals surface area contributed by atoms with Crippen molar-refractivity contribution < 1.29 is 0 Å². The van der Waals surface area contributed by atoms with E-state index in [2.05, 4.69) is 163 Å². The minimum atomic E-state index is 1.26. The van der Waals surface area contributed by atoms with E-state index in [1.807, 2.05) is 0 Å². The van der Waals surface area contributed by atoms with Gasteiger partial charge in [0, 0.05) is 0 Å². The van der Waals surface area contributed by atoms with Crippen LogP contribution in [0.25, 0.3) is 55.6 Å². The van der Waals surface area contributed by atoms with Crippen LogP contribution in [0.5, 0.6) is 0 Å². The van der Waals surface area contributed by atoms with Gasteiger partial charge in [-0.2, -0.15) is 0 Å². The molecule has 0 spiro atoms. The molecule has 0 fully saturated rings. The van der Waals surface area contributed by atoms with Crippen molar-refractivity contribution in [3.05, 3.63) is 155 Å². The summed E-state index contributed by atoms with van der Waals surface area (Å²) in [7, 11) is 0. The summed E-state index contributed by atoms with van der Waals surface area (Å²) in [5.41, 5.74) is 21.1. The molecule has 0 heteroatoms. The lowest BCUT2D eigenvalue weighted by Gasteiger charge is -2.28. The van der Waals surface area contributed by atoms with Crippen molar-refractivity contribution in [1.82, 2.24) is 0 Å². The second-order valence-corrected chi connectivity index (χ2v) is 11.5. The zero-order chi connectivity index (χ0) is 29.4. The molecule has 0 saturated heterocycles. The Morgan fingerprint density at radius 2 is 0.381 bits per heavy atom. The monoisotopic (exact) mass is 542 g/mol. The van der Waals surface area contributed by atoms with Crippen LogP contribution >= 0.6 is 0 Å². The molecule has 0 unspecified atom stereocenters. The SMILES string of the molecule is Cc1c(-c2ccccc2)c(C)c(-c2c(C)c(-c3ccccc3)c(C)c(-c3ccccc3)c2C)c(C)c1-c1ccccc1. The average Bonchev–Trinajstić information content (AvgIpc) is 3.01. The maximum atomic E-state index is 2.33. The second kappa shape index (κ2) is 11.3. The summed E-state index contributed by atoms with van der Waals surface area (Å²) in [6, 6.07) is 43.7. The van der Waals surface area contributed by atoms with Crippen LogP contribution in [0.15, 0.2) is 121 Å². The number of hydrogen-bond acceptors (Lipinski definition) is 0. The van der Waals surface area contributed by atoms with Gasteiger partial charge in [-0.15, -0.1) is 0 Å². The summed E-state index contributed by atoms with van der Waals surface area (Å²) in [5, 5.41) is 0. The molecule has 0 heterocycles. The van der Waals surface area contributed by atoms with Gasteiger partial charge in [0.1, 0.15) is 0 Å². The molecular formula is C42H38. The molecule has 6 aromatic carbocycles.